The summed E-state index contributed by atoms with van der Waals surface area (Å²) in [6.45, 7) is 1.30. The molecule has 0 bridgehead atoms. The number of nitrogens with zero attached hydrogens (tertiary/aromatic N) is 1. The molecule has 0 N–H and O–H groups in total. The van der Waals surface area contributed by atoms with Gasteiger partial charge in [0.2, 0.25) is 0 Å². The smallest absolute Gasteiger partial charge is 0.310 e. The summed E-state index contributed by atoms with van der Waals surface area (Å²) in [4.78, 5) is 13.7. The van der Waals surface area contributed by atoms with E-state index in [1.54, 1.807) is 18.2 Å². The Labute approximate surface area is 100 Å². The number of esters is 1. The number of carbonyl (C=O) groups is 1. The lowest BCUT2D eigenvalue weighted by Gasteiger charge is -2.17. The third-order valence-corrected chi connectivity index (χ3v) is 3.31. The second kappa shape index (κ2) is 4.84. The number of carbonyl (C=O) groups excluding carboxylic acids is 1. The number of benzene rings is 1. The zero-order chi connectivity index (χ0) is 12.4. The monoisotopic (exact) mass is 237 g/mol. The average Bonchev–Trinajstić information content (AvgIpc) is 2.71. The molecule has 1 aliphatic heterocycles. The quantitative estimate of drug-likeness (QED) is 0.732. The lowest BCUT2D eigenvalue weighted by molar-refractivity contribution is -0.145. The summed E-state index contributed by atoms with van der Waals surface area (Å²) in [5, 5.41) is 0. The van der Waals surface area contributed by atoms with E-state index in [1.807, 2.05) is 11.9 Å². The molecule has 1 aromatic rings. The average molecular weight is 237 g/mol. The number of hydrogen-bond acceptors (Lipinski definition) is 3. The maximum Gasteiger partial charge on any atom is 0.310 e. The Morgan fingerprint density at radius 3 is 2.76 bits per heavy atom. The molecule has 0 unspecified atom stereocenters. The van der Waals surface area contributed by atoms with E-state index in [4.69, 9.17) is 4.74 Å². The van der Waals surface area contributed by atoms with Gasteiger partial charge in [0.05, 0.1) is 13.0 Å². The van der Waals surface area contributed by atoms with Crippen LogP contribution >= 0.6 is 0 Å². The molecular formula is C13H16FNO2. The van der Waals surface area contributed by atoms with Gasteiger partial charge >= 0.3 is 5.97 Å². The Kier molecular flexibility index (Phi) is 3.43. The van der Waals surface area contributed by atoms with Crippen molar-refractivity contribution in [3.8, 4) is 0 Å². The van der Waals surface area contributed by atoms with Crippen LogP contribution in [-0.4, -0.2) is 38.1 Å². The third kappa shape index (κ3) is 2.31. The second-order valence-electron chi connectivity index (χ2n) is 4.48. The van der Waals surface area contributed by atoms with Crippen molar-refractivity contribution in [3.63, 3.8) is 0 Å². The lowest BCUT2D eigenvalue weighted by Crippen LogP contribution is -2.23. The first kappa shape index (κ1) is 12.0. The highest BCUT2D eigenvalue weighted by molar-refractivity contribution is 5.74. The van der Waals surface area contributed by atoms with Crippen molar-refractivity contribution < 1.29 is 13.9 Å². The number of hydrogen-bond donors (Lipinski definition) is 0. The van der Waals surface area contributed by atoms with Crippen molar-refractivity contribution in [1.82, 2.24) is 4.90 Å². The van der Waals surface area contributed by atoms with Gasteiger partial charge in [0.1, 0.15) is 5.82 Å². The van der Waals surface area contributed by atoms with E-state index in [0.29, 0.717) is 18.7 Å². The van der Waals surface area contributed by atoms with Crippen LogP contribution < -0.4 is 0 Å². The summed E-state index contributed by atoms with van der Waals surface area (Å²) in [7, 11) is 3.30. The van der Waals surface area contributed by atoms with E-state index in [0.717, 1.165) is 0 Å². The molecule has 0 aromatic heterocycles. The van der Waals surface area contributed by atoms with Gasteiger partial charge in [0, 0.05) is 19.0 Å². The van der Waals surface area contributed by atoms with E-state index in [-0.39, 0.29) is 23.6 Å². The van der Waals surface area contributed by atoms with E-state index in [9.17, 15) is 9.18 Å². The minimum absolute atomic E-state index is 0.117. The van der Waals surface area contributed by atoms with Gasteiger partial charge in [-0.2, -0.15) is 0 Å². The van der Waals surface area contributed by atoms with E-state index >= 15 is 0 Å². The molecule has 0 radical (unpaired) electrons. The summed E-state index contributed by atoms with van der Waals surface area (Å²) < 4.78 is 18.5. The molecule has 1 fully saturated rings. The van der Waals surface area contributed by atoms with Crippen LogP contribution in [0, 0.1) is 11.7 Å². The number of ether oxygens (including phenoxy) is 1. The highest BCUT2D eigenvalue weighted by atomic mass is 19.1. The normalized spacial score (nSPS) is 24.9. The summed E-state index contributed by atoms with van der Waals surface area (Å²) in [5.74, 6) is -0.903. The number of methoxy groups -OCH3 is 1. The van der Waals surface area contributed by atoms with Crippen LogP contribution in [-0.2, 0) is 9.53 Å². The minimum atomic E-state index is -0.276. The Morgan fingerprint density at radius 2 is 2.12 bits per heavy atom. The fraction of sp³-hybridized carbons (Fsp3) is 0.462. The molecular weight excluding hydrogens is 221 g/mol. The molecule has 3 nitrogen and oxygen atoms in total. The van der Waals surface area contributed by atoms with Gasteiger partial charge in [0.25, 0.3) is 0 Å². The largest absolute Gasteiger partial charge is 0.469 e. The first-order valence-corrected chi connectivity index (χ1v) is 5.64. The van der Waals surface area contributed by atoms with Gasteiger partial charge in [-0.05, 0) is 18.7 Å². The summed E-state index contributed by atoms with van der Waals surface area (Å²) in [6, 6.07) is 6.63. The zero-order valence-electron chi connectivity index (χ0n) is 10.0. The molecule has 0 aliphatic carbocycles. The van der Waals surface area contributed by atoms with Gasteiger partial charge in [-0.3, -0.25) is 4.79 Å². The molecule has 1 saturated heterocycles. The third-order valence-electron chi connectivity index (χ3n) is 3.31. The standard InChI is InChI=1S/C13H16FNO2/c1-15-7-10(11(8-15)13(16)17-2)9-5-3-4-6-12(9)14/h3-6,10-11H,7-8H2,1-2H3/t10-,11+/m1/s1. The minimum Gasteiger partial charge on any atom is -0.469 e. The number of likely N-dealkylation sites (tertiary alicyclic amines) is 1. The van der Waals surface area contributed by atoms with Crippen LogP contribution in [0.3, 0.4) is 0 Å². The molecule has 2 atom stereocenters. The van der Waals surface area contributed by atoms with Gasteiger partial charge < -0.3 is 9.64 Å². The Hall–Kier alpha value is -1.42. The molecule has 2 rings (SSSR count). The molecule has 1 heterocycles. The van der Waals surface area contributed by atoms with Crippen molar-refractivity contribution in [2.75, 3.05) is 27.2 Å². The van der Waals surface area contributed by atoms with E-state index in [1.165, 1.54) is 13.2 Å². The first-order valence-electron chi connectivity index (χ1n) is 5.64. The van der Waals surface area contributed by atoms with Crippen LogP contribution in [0.5, 0.6) is 0 Å². The zero-order valence-corrected chi connectivity index (χ0v) is 10.0. The number of likely N-dealkylation sites (N-methyl/N-ethyl adjacent to an activating group) is 1. The Morgan fingerprint density at radius 1 is 1.41 bits per heavy atom. The van der Waals surface area contributed by atoms with Crippen molar-refractivity contribution in [2.24, 2.45) is 5.92 Å². The highest BCUT2D eigenvalue weighted by Gasteiger charge is 2.38. The predicted octanol–water partition coefficient (Wildman–Crippen LogP) is 1.64. The van der Waals surface area contributed by atoms with Crippen LogP contribution in [0.4, 0.5) is 4.39 Å². The van der Waals surface area contributed by atoms with E-state index in [2.05, 4.69) is 0 Å². The molecule has 1 aromatic carbocycles. The summed E-state index contributed by atoms with van der Waals surface area (Å²) in [5.41, 5.74) is 0.604. The van der Waals surface area contributed by atoms with Crippen LogP contribution in [0.25, 0.3) is 0 Å². The fourth-order valence-corrected chi connectivity index (χ4v) is 2.48. The summed E-state index contributed by atoms with van der Waals surface area (Å²) in [6.07, 6.45) is 0. The van der Waals surface area contributed by atoms with Crippen molar-refractivity contribution in [2.45, 2.75) is 5.92 Å². The van der Waals surface area contributed by atoms with Crippen molar-refractivity contribution in [1.29, 1.82) is 0 Å². The highest BCUT2D eigenvalue weighted by Crippen LogP contribution is 2.33. The SMILES string of the molecule is COC(=O)[C@H]1CN(C)C[C@@H]1c1ccccc1F. The van der Waals surface area contributed by atoms with E-state index < -0.39 is 0 Å². The van der Waals surface area contributed by atoms with Crippen molar-refractivity contribution >= 4 is 5.97 Å². The lowest BCUT2D eigenvalue weighted by atomic mass is 9.88. The topological polar surface area (TPSA) is 29.5 Å². The molecule has 4 heteroatoms. The summed E-state index contributed by atoms with van der Waals surface area (Å²) >= 11 is 0. The van der Waals surface area contributed by atoms with Gasteiger partial charge in [-0.25, -0.2) is 4.39 Å². The Bertz CT molecular complexity index is 422. The number of halogens is 1. The molecule has 1 aliphatic rings. The van der Waals surface area contributed by atoms with Gasteiger partial charge in [-0.1, -0.05) is 18.2 Å². The second-order valence-corrected chi connectivity index (χ2v) is 4.48. The first-order chi connectivity index (χ1) is 8.13. The van der Waals surface area contributed by atoms with Crippen LogP contribution in [0.15, 0.2) is 24.3 Å². The van der Waals surface area contributed by atoms with Crippen molar-refractivity contribution in [3.05, 3.63) is 35.6 Å². The Balaban J connectivity index is 2.30. The van der Waals surface area contributed by atoms with Gasteiger partial charge in [0.15, 0.2) is 0 Å². The maximum absolute atomic E-state index is 13.7. The number of rotatable bonds is 2. The molecule has 0 saturated carbocycles. The molecule has 0 amide bonds. The molecule has 0 spiro atoms. The van der Waals surface area contributed by atoms with Gasteiger partial charge in [-0.15, -0.1) is 0 Å². The fourth-order valence-electron chi connectivity index (χ4n) is 2.48. The molecule has 92 valence electrons. The maximum atomic E-state index is 13.7. The molecule has 17 heavy (non-hydrogen) atoms. The van der Waals surface area contributed by atoms with Crippen LogP contribution in [0.2, 0.25) is 0 Å². The van der Waals surface area contributed by atoms with Crippen LogP contribution in [0.1, 0.15) is 11.5 Å². The predicted molar refractivity (Wildman–Crippen MR) is 62.1 cm³/mol.